The number of carbonyl (C=O) groups is 4. The Labute approximate surface area is 222 Å². The molecule has 0 heterocycles. The molecule has 0 aliphatic heterocycles. The van der Waals surface area contributed by atoms with Crippen LogP contribution in [0.2, 0.25) is 0 Å². The number of hydrogen-bond acceptors (Lipinski definition) is 9. The van der Waals surface area contributed by atoms with Gasteiger partial charge in [-0.2, -0.15) is 0 Å². The lowest BCUT2D eigenvalue weighted by Crippen LogP contribution is -2.25. The lowest BCUT2D eigenvalue weighted by molar-refractivity contribution is -0.153. The van der Waals surface area contributed by atoms with E-state index in [-0.39, 0.29) is 61.7 Å². The average molecular weight is 527 g/mol. The number of hydrogen-bond donors (Lipinski definition) is 0. The van der Waals surface area contributed by atoms with Crippen molar-refractivity contribution in [2.75, 3.05) is 26.4 Å². The number of carbonyl (C=O) groups excluding carboxylic acids is 4. The summed E-state index contributed by atoms with van der Waals surface area (Å²) >= 11 is 0. The van der Waals surface area contributed by atoms with Crippen LogP contribution in [0.3, 0.4) is 0 Å². The Bertz CT molecular complexity index is 1160. The van der Waals surface area contributed by atoms with E-state index in [0.717, 1.165) is 11.1 Å². The minimum atomic E-state index is -0.659. The Kier molecular flexibility index (Phi) is 11.1. The lowest BCUT2D eigenvalue weighted by Gasteiger charge is -2.17. The van der Waals surface area contributed by atoms with E-state index in [0.29, 0.717) is 5.75 Å². The molecule has 2 aromatic carbocycles. The maximum atomic E-state index is 12.7. The predicted octanol–water partition coefficient (Wildman–Crippen LogP) is 4.91. The second-order valence-corrected chi connectivity index (χ2v) is 9.35. The monoisotopic (exact) mass is 526 g/mol. The molecule has 0 aromatic heterocycles. The van der Waals surface area contributed by atoms with Crippen molar-refractivity contribution in [2.24, 2.45) is 5.41 Å². The summed E-state index contributed by atoms with van der Waals surface area (Å²) in [6.07, 6.45) is 0.227. The van der Waals surface area contributed by atoms with Crippen LogP contribution in [0.1, 0.15) is 51.4 Å². The largest absolute Gasteiger partial charge is 0.489 e. The highest BCUT2D eigenvalue weighted by atomic mass is 16.6. The Morgan fingerprint density at radius 3 is 2.03 bits per heavy atom. The highest BCUT2D eigenvalue weighted by Gasteiger charge is 2.23. The molecule has 0 bridgehead atoms. The fourth-order valence-electron chi connectivity index (χ4n) is 2.87. The SMILES string of the molecule is C=C(C)C(=O)Oc1ccc(-c2ccc(C(=O)OCCOC(=O)CC)c(OCCOC(=O)C(C)(C)C)c2)cc1. The number of benzene rings is 2. The van der Waals surface area contributed by atoms with Crippen molar-refractivity contribution >= 4 is 23.9 Å². The van der Waals surface area contributed by atoms with Crippen LogP contribution >= 0.6 is 0 Å². The van der Waals surface area contributed by atoms with Crippen LogP contribution < -0.4 is 9.47 Å². The summed E-state index contributed by atoms with van der Waals surface area (Å²) in [4.78, 5) is 47.7. The van der Waals surface area contributed by atoms with Gasteiger partial charge in [0.1, 0.15) is 43.5 Å². The molecular formula is C29H34O9. The molecule has 0 saturated heterocycles. The third kappa shape index (κ3) is 9.38. The fraction of sp³-hybridized carbons (Fsp3) is 0.379. The molecule has 2 rings (SSSR count). The van der Waals surface area contributed by atoms with Crippen molar-refractivity contribution in [1.29, 1.82) is 0 Å². The Balaban J connectivity index is 2.18. The molecule has 38 heavy (non-hydrogen) atoms. The second-order valence-electron chi connectivity index (χ2n) is 9.35. The van der Waals surface area contributed by atoms with Crippen LogP contribution in [0.15, 0.2) is 54.6 Å². The lowest BCUT2D eigenvalue weighted by atomic mass is 9.97. The maximum Gasteiger partial charge on any atom is 0.342 e. The molecule has 0 amide bonds. The summed E-state index contributed by atoms with van der Waals surface area (Å²) in [5.74, 6) is -1.35. The molecule has 2 aromatic rings. The Morgan fingerprint density at radius 1 is 0.816 bits per heavy atom. The van der Waals surface area contributed by atoms with Crippen molar-refractivity contribution in [1.82, 2.24) is 0 Å². The molecule has 0 aliphatic carbocycles. The number of ether oxygens (including phenoxy) is 5. The first kappa shape index (κ1) is 30.1. The molecule has 0 unspecified atom stereocenters. The highest BCUT2D eigenvalue weighted by Crippen LogP contribution is 2.29. The zero-order chi connectivity index (χ0) is 28.3. The molecule has 0 N–H and O–H groups in total. The van der Waals surface area contributed by atoms with E-state index in [9.17, 15) is 19.2 Å². The van der Waals surface area contributed by atoms with Gasteiger partial charge in [0, 0.05) is 12.0 Å². The third-order valence-corrected chi connectivity index (χ3v) is 5.00. The molecule has 0 saturated carbocycles. The molecule has 0 spiro atoms. The normalized spacial score (nSPS) is 10.8. The first-order chi connectivity index (χ1) is 17.9. The van der Waals surface area contributed by atoms with E-state index < -0.39 is 17.4 Å². The molecule has 0 aliphatic rings. The first-order valence-electron chi connectivity index (χ1n) is 12.2. The topological polar surface area (TPSA) is 114 Å². The van der Waals surface area contributed by atoms with Crippen LogP contribution in [0, 0.1) is 5.41 Å². The molecule has 0 atom stereocenters. The van der Waals surface area contributed by atoms with Gasteiger partial charge in [0.2, 0.25) is 0 Å². The van der Waals surface area contributed by atoms with E-state index in [4.69, 9.17) is 23.7 Å². The smallest absolute Gasteiger partial charge is 0.342 e. The van der Waals surface area contributed by atoms with Crippen molar-refractivity contribution < 1.29 is 42.9 Å². The van der Waals surface area contributed by atoms with Gasteiger partial charge in [-0.05, 0) is 63.1 Å². The minimum Gasteiger partial charge on any atom is -0.489 e. The van der Waals surface area contributed by atoms with Crippen LogP contribution in [0.25, 0.3) is 11.1 Å². The van der Waals surface area contributed by atoms with Crippen LogP contribution in [0.5, 0.6) is 11.5 Å². The van der Waals surface area contributed by atoms with Crippen molar-refractivity contribution in [3.05, 3.63) is 60.2 Å². The fourth-order valence-corrected chi connectivity index (χ4v) is 2.87. The molecule has 9 heteroatoms. The second kappa shape index (κ2) is 14.0. The summed E-state index contributed by atoms with van der Waals surface area (Å²) in [6, 6.07) is 11.7. The van der Waals surface area contributed by atoms with Gasteiger partial charge in [-0.3, -0.25) is 9.59 Å². The quantitative estimate of drug-likeness (QED) is 0.125. The summed E-state index contributed by atoms with van der Waals surface area (Å²) in [5.41, 5.74) is 1.29. The van der Waals surface area contributed by atoms with Gasteiger partial charge in [0.25, 0.3) is 0 Å². The van der Waals surface area contributed by atoms with E-state index >= 15 is 0 Å². The van der Waals surface area contributed by atoms with Gasteiger partial charge >= 0.3 is 23.9 Å². The third-order valence-electron chi connectivity index (χ3n) is 5.00. The predicted molar refractivity (Wildman–Crippen MR) is 140 cm³/mol. The average Bonchev–Trinajstić information content (AvgIpc) is 2.88. The van der Waals surface area contributed by atoms with Crippen molar-refractivity contribution in [3.63, 3.8) is 0 Å². The van der Waals surface area contributed by atoms with Gasteiger partial charge in [0.15, 0.2) is 0 Å². The number of rotatable bonds is 12. The van der Waals surface area contributed by atoms with Crippen molar-refractivity contribution in [3.8, 4) is 22.6 Å². The summed E-state index contributed by atoms with van der Waals surface area (Å²) in [5, 5.41) is 0. The highest BCUT2D eigenvalue weighted by molar-refractivity contribution is 5.93. The van der Waals surface area contributed by atoms with Gasteiger partial charge in [-0.25, -0.2) is 9.59 Å². The summed E-state index contributed by atoms with van der Waals surface area (Å²) in [7, 11) is 0. The van der Waals surface area contributed by atoms with Gasteiger partial charge < -0.3 is 23.7 Å². The van der Waals surface area contributed by atoms with Gasteiger partial charge in [-0.15, -0.1) is 0 Å². The zero-order valence-electron chi connectivity index (χ0n) is 22.5. The standard InChI is InChI=1S/C29H34O9/c1-7-25(30)35-15-16-36-27(32)23-13-10-21(18-24(23)34-14-17-37-28(33)29(4,5)6)20-8-11-22(12-9-20)38-26(31)19(2)3/h8-13,18H,2,7,14-17H2,1,3-6H3. The van der Waals surface area contributed by atoms with Crippen LogP contribution in [-0.2, 0) is 28.6 Å². The molecule has 0 radical (unpaired) electrons. The Morgan fingerprint density at radius 2 is 1.42 bits per heavy atom. The first-order valence-corrected chi connectivity index (χ1v) is 12.2. The molecule has 9 nitrogen and oxygen atoms in total. The summed E-state index contributed by atoms with van der Waals surface area (Å²) in [6.45, 7) is 11.9. The number of esters is 4. The Hall–Kier alpha value is -4.14. The maximum absolute atomic E-state index is 12.7. The van der Waals surface area contributed by atoms with Crippen LogP contribution in [0.4, 0.5) is 0 Å². The van der Waals surface area contributed by atoms with Crippen LogP contribution in [-0.4, -0.2) is 50.3 Å². The molecule has 204 valence electrons. The van der Waals surface area contributed by atoms with E-state index in [2.05, 4.69) is 6.58 Å². The van der Waals surface area contributed by atoms with Gasteiger partial charge in [0.05, 0.1) is 5.41 Å². The van der Waals surface area contributed by atoms with E-state index in [1.165, 1.54) is 0 Å². The van der Waals surface area contributed by atoms with E-state index in [1.807, 2.05) is 0 Å². The minimum absolute atomic E-state index is 0.00935. The van der Waals surface area contributed by atoms with Crippen molar-refractivity contribution in [2.45, 2.75) is 41.0 Å². The van der Waals surface area contributed by atoms with E-state index in [1.54, 1.807) is 77.1 Å². The van der Waals surface area contributed by atoms with Gasteiger partial charge in [-0.1, -0.05) is 31.7 Å². The zero-order valence-corrected chi connectivity index (χ0v) is 22.5. The summed E-state index contributed by atoms with van der Waals surface area (Å²) < 4.78 is 26.4. The molecule has 0 fully saturated rings. The molecular weight excluding hydrogens is 492 g/mol.